The lowest BCUT2D eigenvalue weighted by Gasteiger charge is -2.17. The van der Waals surface area contributed by atoms with Crippen molar-refractivity contribution in [2.45, 2.75) is 26.8 Å². The molecule has 0 heterocycles. The van der Waals surface area contributed by atoms with Crippen LogP contribution in [-0.4, -0.2) is 11.0 Å². The standard InChI is InChI=1S/C17H19N3O3/c1-11-8-9-12(2)14(10-11)13(3)18-17(21)19-15-6-4-5-7-16(15)20(22)23/h4-10,13H,1-3H3,(H2,18,19,21). The van der Waals surface area contributed by atoms with Crippen LogP contribution in [0.3, 0.4) is 0 Å². The fourth-order valence-corrected chi connectivity index (χ4v) is 2.40. The molecule has 0 saturated carbocycles. The zero-order valence-corrected chi connectivity index (χ0v) is 13.3. The highest BCUT2D eigenvalue weighted by Crippen LogP contribution is 2.24. The Kier molecular flexibility index (Phi) is 4.95. The second kappa shape index (κ2) is 6.91. The Morgan fingerprint density at radius 2 is 1.87 bits per heavy atom. The van der Waals surface area contributed by atoms with Crippen molar-refractivity contribution < 1.29 is 9.72 Å². The minimum absolute atomic E-state index is 0.137. The maximum Gasteiger partial charge on any atom is 0.319 e. The number of amides is 2. The van der Waals surface area contributed by atoms with Gasteiger partial charge >= 0.3 is 6.03 Å². The number of carbonyl (C=O) groups is 1. The molecule has 2 amide bonds. The SMILES string of the molecule is Cc1ccc(C)c(C(C)NC(=O)Nc2ccccc2[N+](=O)[O-])c1. The Hall–Kier alpha value is -2.89. The third kappa shape index (κ3) is 4.06. The number of nitrogens with zero attached hydrogens (tertiary/aromatic N) is 1. The van der Waals surface area contributed by atoms with Gasteiger partial charge in [-0.15, -0.1) is 0 Å². The summed E-state index contributed by atoms with van der Waals surface area (Å²) in [4.78, 5) is 22.6. The lowest BCUT2D eigenvalue weighted by Crippen LogP contribution is -2.31. The zero-order valence-electron chi connectivity index (χ0n) is 13.3. The van der Waals surface area contributed by atoms with Crippen LogP contribution < -0.4 is 10.6 Å². The maximum absolute atomic E-state index is 12.1. The molecule has 2 aromatic rings. The Balaban J connectivity index is 2.11. The van der Waals surface area contributed by atoms with Crippen LogP contribution >= 0.6 is 0 Å². The largest absolute Gasteiger partial charge is 0.331 e. The van der Waals surface area contributed by atoms with E-state index in [0.717, 1.165) is 16.7 Å². The zero-order chi connectivity index (χ0) is 17.0. The monoisotopic (exact) mass is 313 g/mol. The van der Waals surface area contributed by atoms with E-state index in [9.17, 15) is 14.9 Å². The summed E-state index contributed by atoms with van der Waals surface area (Å²) in [6.07, 6.45) is 0. The van der Waals surface area contributed by atoms with Gasteiger partial charge in [0.1, 0.15) is 5.69 Å². The number of rotatable bonds is 4. The molecule has 1 atom stereocenters. The number of carbonyl (C=O) groups excluding carboxylic acids is 1. The highest BCUT2D eigenvalue weighted by atomic mass is 16.6. The summed E-state index contributed by atoms with van der Waals surface area (Å²) in [5.74, 6) is 0. The summed E-state index contributed by atoms with van der Waals surface area (Å²) in [6, 6.07) is 11.4. The van der Waals surface area contributed by atoms with E-state index in [4.69, 9.17) is 0 Å². The van der Waals surface area contributed by atoms with Gasteiger partial charge < -0.3 is 10.6 Å². The minimum Gasteiger partial charge on any atom is -0.331 e. The molecule has 0 saturated heterocycles. The molecule has 6 nitrogen and oxygen atoms in total. The minimum atomic E-state index is -0.524. The first kappa shape index (κ1) is 16.5. The van der Waals surface area contributed by atoms with Crippen molar-refractivity contribution in [3.8, 4) is 0 Å². The summed E-state index contributed by atoms with van der Waals surface area (Å²) in [7, 11) is 0. The molecule has 2 N–H and O–H groups in total. The van der Waals surface area contributed by atoms with Gasteiger partial charge in [0.05, 0.1) is 11.0 Å². The summed E-state index contributed by atoms with van der Waals surface area (Å²) >= 11 is 0. The smallest absolute Gasteiger partial charge is 0.319 e. The Bertz CT molecular complexity index is 744. The lowest BCUT2D eigenvalue weighted by atomic mass is 10.0. The van der Waals surface area contributed by atoms with Crippen LogP contribution in [0.5, 0.6) is 0 Å². The number of para-hydroxylation sites is 2. The number of urea groups is 1. The van der Waals surface area contributed by atoms with E-state index >= 15 is 0 Å². The van der Waals surface area contributed by atoms with Gasteiger partial charge in [-0.3, -0.25) is 10.1 Å². The molecule has 0 aromatic heterocycles. The van der Waals surface area contributed by atoms with E-state index in [-0.39, 0.29) is 17.4 Å². The summed E-state index contributed by atoms with van der Waals surface area (Å²) in [5, 5.41) is 16.3. The fourth-order valence-electron chi connectivity index (χ4n) is 2.40. The van der Waals surface area contributed by atoms with E-state index in [2.05, 4.69) is 10.6 Å². The Labute approximate surface area is 134 Å². The van der Waals surface area contributed by atoms with E-state index in [0.29, 0.717) is 0 Å². The Morgan fingerprint density at radius 1 is 1.17 bits per heavy atom. The molecule has 2 aromatic carbocycles. The van der Waals surface area contributed by atoms with Gasteiger partial charge in [0.25, 0.3) is 5.69 Å². The van der Waals surface area contributed by atoms with Gasteiger partial charge in [-0.2, -0.15) is 0 Å². The molecule has 0 radical (unpaired) electrons. The number of nitro groups is 1. The maximum atomic E-state index is 12.1. The second-order valence-electron chi connectivity index (χ2n) is 5.45. The van der Waals surface area contributed by atoms with Gasteiger partial charge in [-0.05, 0) is 38.0 Å². The lowest BCUT2D eigenvalue weighted by molar-refractivity contribution is -0.383. The third-order valence-corrected chi connectivity index (χ3v) is 3.60. The molecular weight excluding hydrogens is 294 g/mol. The van der Waals surface area contributed by atoms with Gasteiger partial charge in [-0.1, -0.05) is 35.9 Å². The molecule has 0 aliphatic carbocycles. The van der Waals surface area contributed by atoms with E-state index in [1.807, 2.05) is 39.0 Å². The van der Waals surface area contributed by atoms with Crippen LogP contribution in [0.4, 0.5) is 16.2 Å². The first-order chi connectivity index (χ1) is 10.9. The molecular formula is C17H19N3O3. The van der Waals surface area contributed by atoms with Crippen molar-refractivity contribution >= 4 is 17.4 Å². The molecule has 120 valence electrons. The predicted molar refractivity (Wildman–Crippen MR) is 89.6 cm³/mol. The molecule has 0 aliphatic heterocycles. The summed E-state index contributed by atoms with van der Waals surface area (Å²) in [5.41, 5.74) is 3.24. The van der Waals surface area contributed by atoms with Crippen LogP contribution in [0.1, 0.15) is 29.7 Å². The Morgan fingerprint density at radius 3 is 2.57 bits per heavy atom. The van der Waals surface area contributed by atoms with Crippen molar-refractivity contribution in [2.24, 2.45) is 0 Å². The van der Waals surface area contributed by atoms with Gasteiger partial charge in [0.2, 0.25) is 0 Å². The number of nitrogens with one attached hydrogen (secondary N) is 2. The molecule has 6 heteroatoms. The summed E-state index contributed by atoms with van der Waals surface area (Å²) < 4.78 is 0. The quantitative estimate of drug-likeness (QED) is 0.658. The molecule has 0 fully saturated rings. The van der Waals surface area contributed by atoms with Crippen LogP contribution in [0.15, 0.2) is 42.5 Å². The van der Waals surface area contributed by atoms with Crippen LogP contribution in [0.2, 0.25) is 0 Å². The second-order valence-corrected chi connectivity index (χ2v) is 5.45. The molecule has 2 rings (SSSR count). The average Bonchev–Trinajstić information content (AvgIpc) is 2.49. The van der Waals surface area contributed by atoms with Gasteiger partial charge in [-0.25, -0.2) is 4.79 Å². The number of nitro benzene ring substituents is 1. The third-order valence-electron chi connectivity index (χ3n) is 3.60. The number of hydrogen-bond acceptors (Lipinski definition) is 3. The molecule has 0 aliphatic rings. The first-order valence-corrected chi connectivity index (χ1v) is 7.26. The van der Waals surface area contributed by atoms with Crippen LogP contribution in [0, 0.1) is 24.0 Å². The predicted octanol–water partition coefficient (Wildman–Crippen LogP) is 4.09. The van der Waals surface area contributed by atoms with E-state index in [1.54, 1.807) is 12.1 Å². The molecule has 1 unspecified atom stereocenters. The number of benzene rings is 2. The highest BCUT2D eigenvalue weighted by Gasteiger charge is 2.17. The van der Waals surface area contributed by atoms with Crippen molar-refractivity contribution in [2.75, 3.05) is 5.32 Å². The van der Waals surface area contributed by atoms with Crippen LogP contribution in [-0.2, 0) is 0 Å². The topological polar surface area (TPSA) is 84.3 Å². The van der Waals surface area contributed by atoms with Gasteiger partial charge in [0.15, 0.2) is 0 Å². The van der Waals surface area contributed by atoms with Crippen LogP contribution in [0.25, 0.3) is 0 Å². The van der Waals surface area contributed by atoms with E-state index in [1.165, 1.54) is 12.1 Å². The number of hydrogen-bond donors (Lipinski definition) is 2. The normalized spacial score (nSPS) is 11.6. The van der Waals surface area contributed by atoms with Crippen molar-refractivity contribution in [3.05, 3.63) is 69.3 Å². The van der Waals surface area contributed by atoms with Crippen molar-refractivity contribution in [3.63, 3.8) is 0 Å². The summed E-state index contributed by atoms with van der Waals surface area (Å²) in [6.45, 7) is 5.84. The van der Waals surface area contributed by atoms with Crippen molar-refractivity contribution in [1.29, 1.82) is 0 Å². The fraction of sp³-hybridized carbons (Fsp3) is 0.235. The number of anilines is 1. The molecule has 0 spiro atoms. The average molecular weight is 313 g/mol. The number of aryl methyl sites for hydroxylation is 2. The van der Waals surface area contributed by atoms with Gasteiger partial charge in [0, 0.05) is 6.07 Å². The molecule has 23 heavy (non-hydrogen) atoms. The molecule has 0 bridgehead atoms. The van der Waals surface area contributed by atoms with E-state index < -0.39 is 11.0 Å². The van der Waals surface area contributed by atoms with Crippen molar-refractivity contribution in [1.82, 2.24) is 5.32 Å². The highest BCUT2D eigenvalue weighted by molar-refractivity contribution is 5.92. The first-order valence-electron chi connectivity index (χ1n) is 7.26.